The molecule has 0 aliphatic carbocycles. The molecule has 2 rings (SSSR count). The summed E-state index contributed by atoms with van der Waals surface area (Å²) in [7, 11) is 4.35. The van der Waals surface area contributed by atoms with Crippen molar-refractivity contribution in [1.82, 2.24) is 5.32 Å². The standard InChI is InChI=1S/C18H19FN2O5/c1-24-14-8-13(9-15(25-2)16(14)26-3)21-18(23)17(22)20-10-11-4-6-12(19)7-5-11/h4-9H,10H2,1-3H3,(H,20,22)(H,21,23). The fourth-order valence-corrected chi connectivity index (χ4v) is 2.21. The Balaban J connectivity index is 2.04. The van der Waals surface area contributed by atoms with Gasteiger partial charge in [0.05, 0.1) is 21.3 Å². The quantitative estimate of drug-likeness (QED) is 0.769. The zero-order valence-corrected chi connectivity index (χ0v) is 14.6. The second-order valence-electron chi connectivity index (χ2n) is 5.18. The number of carbonyl (C=O) groups is 2. The van der Waals surface area contributed by atoms with Crippen LogP contribution >= 0.6 is 0 Å². The minimum absolute atomic E-state index is 0.0990. The molecule has 0 spiro atoms. The Hall–Kier alpha value is -3.29. The Morgan fingerprint density at radius 2 is 1.50 bits per heavy atom. The maximum Gasteiger partial charge on any atom is 0.313 e. The van der Waals surface area contributed by atoms with Crippen LogP contribution in [0.5, 0.6) is 17.2 Å². The lowest BCUT2D eigenvalue weighted by atomic mass is 10.2. The van der Waals surface area contributed by atoms with E-state index in [0.717, 1.165) is 0 Å². The average Bonchev–Trinajstić information content (AvgIpc) is 2.66. The van der Waals surface area contributed by atoms with E-state index in [0.29, 0.717) is 28.5 Å². The van der Waals surface area contributed by atoms with Gasteiger partial charge in [-0.2, -0.15) is 0 Å². The van der Waals surface area contributed by atoms with Crippen LogP contribution in [0.25, 0.3) is 0 Å². The van der Waals surface area contributed by atoms with Gasteiger partial charge in [-0.05, 0) is 17.7 Å². The van der Waals surface area contributed by atoms with Crippen molar-refractivity contribution in [2.24, 2.45) is 0 Å². The summed E-state index contributed by atoms with van der Waals surface area (Å²) in [6, 6.07) is 8.60. The third kappa shape index (κ3) is 4.62. The van der Waals surface area contributed by atoms with Crippen LogP contribution in [0.2, 0.25) is 0 Å². The number of rotatable bonds is 6. The normalized spacial score (nSPS) is 10.0. The molecule has 0 aromatic heterocycles. The Bertz CT molecular complexity index is 768. The molecular weight excluding hydrogens is 343 g/mol. The topological polar surface area (TPSA) is 85.9 Å². The van der Waals surface area contributed by atoms with Gasteiger partial charge in [-0.1, -0.05) is 12.1 Å². The highest BCUT2D eigenvalue weighted by Crippen LogP contribution is 2.39. The van der Waals surface area contributed by atoms with Crippen molar-refractivity contribution in [1.29, 1.82) is 0 Å². The number of hydrogen-bond acceptors (Lipinski definition) is 5. The molecular formula is C18H19FN2O5. The maximum absolute atomic E-state index is 12.9. The van der Waals surface area contributed by atoms with E-state index >= 15 is 0 Å². The van der Waals surface area contributed by atoms with Crippen molar-refractivity contribution >= 4 is 17.5 Å². The molecule has 0 aliphatic heterocycles. The molecule has 2 N–H and O–H groups in total. The minimum atomic E-state index is -0.860. The number of methoxy groups -OCH3 is 3. The van der Waals surface area contributed by atoms with Crippen LogP contribution in [0.4, 0.5) is 10.1 Å². The van der Waals surface area contributed by atoms with Crippen molar-refractivity contribution in [3.05, 3.63) is 47.8 Å². The molecule has 2 aromatic carbocycles. The summed E-state index contributed by atoms with van der Waals surface area (Å²) in [5.41, 5.74) is 0.974. The molecule has 26 heavy (non-hydrogen) atoms. The molecule has 0 radical (unpaired) electrons. The lowest BCUT2D eigenvalue weighted by Gasteiger charge is -2.14. The molecule has 0 saturated heterocycles. The van der Waals surface area contributed by atoms with Gasteiger partial charge in [0.15, 0.2) is 11.5 Å². The molecule has 0 bridgehead atoms. The van der Waals surface area contributed by atoms with E-state index in [9.17, 15) is 14.0 Å². The lowest BCUT2D eigenvalue weighted by molar-refractivity contribution is -0.136. The smallest absolute Gasteiger partial charge is 0.313 e. The summed E-state index contributed by atoms with van der Waals surface area (Å²) in [4.78, 5) is 24.0. The predicted octanol–water partition coefficient (Wildman–Crippen LogP) is 2.11. The molecule has 138 valence electrons. The van der Waals surface area contributed by atoms with Crippen LogP contribution in [-0.2, 0) is 16.1 Å². The average molecular weight is 362 g/mol. The van der Waals surface area contributed by atoms with E-state index in [1.165, 1.54) is 57.7 Å². The van der Waals surface area contributed by atoms with Gasteiger partial charge in [0.1, 0.15) is 5.82 Å². The maximum atomic E-state index is 12.9. The summed E-state index contributed by atoms with van der Waals surface area (Å²) in [6.45, 7) is 0.0990. The van der Waals surface area contributed by atoms with Crippen LogP contribution < -0.4 is 24.8 Å². The van der Waals surface area contributed by atoms with E-state index in [1.54, 1.807) is 0 Å². The van der Waals surface area contributed by atoms with Crippen molar-refractivity contribution in [2.45, 2.75) is 6.54 Å². The van der Waals surface area contributed by atoms with Gasteiger partial charge in [0.2, 0.25) is 5.75 Å². The second-order valence-corrected chi connectivity index (χ2v) is 5.18. The van der Waals surface area contributed by atoms with Gasteiger partial charge in [-0.25, -0.2) is 4.39 Å². The summed E-state index contributed by atoms with van der Waals surface area (Å²) in [5, 5.41) is 4.92. The van der Waals surface area contributed by atoms with Crippen LogP contribution in [0.15, 0.2) is 36.4 Å². The molecule has 0 fully saturated rings. The Kier molecular flexibility index (Phi) is 6.37. The number of halogens is 1. The monoisotopic (exact) mass is 362 g/mol. The zero-order chi connectivity index (χ0) is 19.1. The number of benzene rings is 2. The highest BCUT2D eigenvalue weighted by Gasteiger charge is 2.17. The number of amides is 2. The summed E-state index contributed by atoms with van der Waals surface area (Å²) < 4.78 is 28.4. The molecule has 0 atom stereocenters. The number of carbonyl (C=O) groups excluding carboxylic acids is 2. The first-order chi connectivity index (χ1) is 12.5. The van der Waals surface area contributed by atoms with Crippen molar-refractivity contribution < 1.29 is 28.2 Å². The van der Waals surface area contributed by atoms with Crippen LogP contribution in [0.1, 0.15) is 5.56 Å². The van der Waals surface area contributed by atoms with Gasteiger partial charge in [-0.3, -0.25) is 9.59 Å². The molecule has 8 heteroatoms. The second kappa shape index (κ2) is 8.70. The number of nitrogens with one attached hydrogen (secondary N) is 2. The van der Waals surface area contributed by atoms with E-state index in [1.807, 2.05) is 0 Å². The van der Waals surface area contributed by atoms with Gasteiger partial charge >= 0.3 is 11.8 Å². The molecule has 0 aliphatic rings. The van der Waals surface area contributed by atoms with Gasteiger partial charge in [-0.15, -0.1) is 0 Å². The lowest BCUT2D eigenvalue weighted by Crippen LogP contribution is -2.34. The first kappa shape index (κ1) is 19.0. The number of hydrogen-bond donors (Lipinski definition) is 2. The molecule has 2 amide bonds. The minimum Gasteiger partial charge on any atom is -0.493 e. The molecule has 2 aromatic rings. The van der Waals surface area contributed by atoms with E-state index < -0.39 is 11.8 Å². The molecule has 0 unspecified atom stereocenters. The van der Waals surface area contributed by atoms with E-state index in [2.05, 4.69) is 10.6 Å². The van der Waals surface area contributed by atoms with Gasteiger partial charge < -0.3 is 24.8 Å². The predicted molar refractivity (Wildman–Crippen MR) is 93.0 cm³/mol. The van der Waals surface area contributed by atoms with Crippen molar-refractivity contribution in [3.8, 4) is 17.2 Å². The Morgan fingerprint density at radius 1 is 0.923 bits per heavy atom. The fourth-order valence-electron chi connectivity index (χ4n) is 2.21. The van der Waals surface area contributed by atoms with E-state index in [4.69, 9.17) is 14.2 Å². The largest absolute Gasteiger partial charge is 0.493 e. The fraction of sp³-hybridized carbons (Fsp3) is 0.222. The van der Waals surface area contributed by atoms with Crippen molar-refractivity contribution in [2.75, 3.05) is 26.6 Å². The SMILES string of the molecule is COc1cc(NC(=O)C(=O)NCc2ccc(F)cc2)cc(OC)c1OC. The van der Waals surface area contributed by atoms with Crippen LogP contribution in [0.3, 0.4) is 0 Å². The van der Waals surface area contributed by atoms with Crippen LogP contribution in [-0.4, -0.2) is 33.1 Å². The first-order valence-electron chi connectivity index (χ1n) is 7.62. The van der Waals surface area contributed by atoms with Crippen LogP contribution in [0, 0.1) is 5.82 Å². The van der Waals surface area contributed by atoms with Crippen molar-refractivity contribution in [3.63, 3.8) is 0 Å². The summed E-state index contributed by atoms with van der Waals surface area (Å²) >= 11 is 0. The Morgan fingerprint density at radius 3 is 2.00 bits per heavy atom. The highest BCUT2D eigenvalue weighted by molar-refractivity contribution is 6.39. The molecule has 7 nitrogen and oxygen atoms in total. The summed E-state index contributed by atoms with van der Waals surface area (Å²) in [6.07, 6.45) is 0. The number of anilines is 1. The van der Waals surface area contributed by atoms with Gasteiger partial charge in [0.25, 0.3) is 0 Å². The molecule has 0 saturated carbocycles. The summed E-state index contributed by atoms with van der Waals surface area (Å²) in [5.74, 6) is -1.01. The zero-order valence-electron chi connectivity index (χ0n) is 14.6. The third-order valence-electron chi connectivity index (χ3n) is 3.50. The Labute approximate surface area is 150 Å². The first-order valence-corrected chi connectivity index (χ1v) is 7.62. The highest BCUT2D eigenvalue weighted by atomic mass is 19.1. The molecule has 0 heterocycles. The third-order valence-corrected chi connectivity index (χ3v) is 3.50. The van der Waals surface area contributed by atoms with Gasteiger partial charge in [0, 0.05) is 24.4 Å². The number of ether oxygens (including phenoxy) is 3. The van der Waals surface area contributed by atoms with E-state index in [-0.39, 0.29) is 12.4 Å².